The van der Waals surface area contributed by atoms with E-state index in [1.54, 1.807) is 40.0 Å². The van der Waals surface area contributed by atoms with Gasteiger partial charge in [0.2, 0.25) is 0 Å². The molecule has 0 saturated carbocycles. The van der Waals surface area contributed by atoms with E-state index in [9.17, 15) is 9.18 Å². The second kappa shape index (κ2) is 7.35. The second-order valence-corrected chi connectivity index (χ2v) is 6.72. The molecule has 8 nitrogen and oxygen atoms in total. The number of benzene rings is 1. The number of nitrogen functional groups attached to an aromatic ring is 1. The quantitative estimate of drug-likeness (QED) is 0.603. The van der Waals surface area contributed by atoms with Crippen LogP contribution in [0.2, 0.25) is 0 Å². The average molecular weight is 384 g/mol. The predicted octanol–water partition coefficient (Wildman–Crippen LogP) is 2.67. The Morgan fingerprint density at radius 1 is 1.36 bits per heavy atom. The van der Waals surface area contributed by atoms with Gasteiger partial charge in [0, 0.05) is 43.5 Å². The second-order valence-electron chi connectivity index (χ2n) is 6.72. The molecule has 4 rings (SSSR count). The number of carbonyl (C=O) groups is 1. The van der Waals surface area contributed by atoms with Crippen molar-refractivity contribution in [2.45, 2.75) is 13.0 Å². The Morgan fingerprint density at radius 3 is 3.00 bits per heavy atom. The number of nitrogens with one attached hydrogen (secondary N) is 2. The molecule has 146 valence electrons. The number of piperazine rings is 1. The van der Waals surface area contributed by atoms with Crippen LogP contribution in [0.15, 0.2) is 42.7 Å². The highest BCUT2D eigenvalue weighted by atomic mass is 19.1. The fraction of sp³-hybridized carbons (Fsp3) is 0.263. The number of hydrogen-bond acceptors (Lipinski definition) is 5. The van der Waals surface area contributed by atoms with Crippen LogP contribution in [-0.4, -0.2) is 46.2 Å². The molecule has 3 aromatic rings. The first-order chi connectivity index (χ1) is 13.5. The van der Waals surface area contributed by atoms with Crippen LogP contribution in [0, 0.1) is 5.82 Å². The molecule has 0 aliphatic carbocycles. The van der Waals surface area contributed by atoms with E-state index in [2.05, 4.69) is 15.7 Å². The number of hydrogen-bond donors (Lipinski definition) is 3. The zero-order valence-electron chi connectivity index (χ0n) is 15.4. The van der Waals surface area contributed by atoms with Crippen molar-refractivity contribution in [2.24, 2.45) is 0 Å². The average Bonchev–Trinajstić information content (AvgIpc) is 3.13. The number of aromatic nitrogens is 2. The number of anilines is 2. The zero-order valence-corrected chi connectivity index (χ0v) is 15.4. The van der Waals surface area contributed by atoms with E-state index in [1.807, 2.05) is 6.92 Å². The topological polar surface area (TPSA) is 96.9 Å². The minimum Gasteiger partial charge on any atom is -0.452 e. The molecular formula is C19H21FN6O2. The van der Waals surface area contributed by atoms with Gasteiger partial charge in [0.05, 0.1) is 18.1 Å². The van der Waals surface area contributed by atoms with Gasteiger partial charge in [-0.2, -0.15) is 5.10 Å². The van der Waals surface area contributed by atoms with Gasteiger partial charge in [-0.05, 0) is 25.1 Å². The number of rotatable bonds is 3. The molecule has 28 heavy (non-hydrogen) atoms. The van der Waals surface area contributed by atoms with Gasteiger partial charge in [-0.25, -0.2) is 13.7 Å². The molecule has 2 aromatic heterocycles. The number of fused-ring (bicyclic) bond motifs is 1. The molecule has 1 saturated heterocycles. The third-order valence-corrected chi connectivity index (χ3v) is 4.66. The van der Waals surface area contributed by atoms with Crippen LogP contribution >= 0.6 is 0 Å². The number of ether oxygens (including phenoxy) is 1. The summed E-state index contributed by atoms with van der Waals surface area (Å²) in [6, 6.07) is 7.49. The molecule has 0 spiro atoms. The van der Waals surface area contributed by atoms with Crippen molar-refractivity contribution in [3.8, 4) is 11.5 Å². The number of pyridine rings is 1. The number of urea groups is 1. The summed E-state index contributed by atoms with van der Waals surface area (Å²) in [5.41, 5.74) is 7.04. The smallest absolute Gasteiger partial charge is 0.322 e. The summed E-state index contributed by atoms with van der Waals surface area (Å²) in [5.74, 6) is -0.162. The van der Waals surface area contributed by atoms with E-state index >= 15 is 0 Å². The SMILES string of the molecule is CC1CNCCN1C(=O)Nc1cc(Oc2ccc(N)cc2F)c2ccnn2c1. The number of halogens is 1. The number of amides is 2. The normalized spacial score (nSPS) is 16.9. The van der Waals surface area contributed by atoms with Gasteiger partial charge >= 0.3 is 6.03 Å². The van der Waals surface area contributed by atoms with E-state index in [0.717, 1.165) is 13.1 Å². The Bertz CT molecular complexity index is 1020. The maximum atomic E-state index is 14.1. The highest BCUT2D eigenvalue weighted by molar-refractivity contribution is 5.90. The van der Waals surface area contributed by atoms with E-state index in [0.29, 0.717) is 29.2 Å². The lowest BCUT2D eigenvalue weighted by molar-refractivity contribution is 0.177. The van der Waals surface area contributed by atoms with Crippen LogP contribution in [0.3, 0.4) is 0 Å². The van der Waals surface area contributed by atoms with Crippen molar-refractivity contribution < 1.29 is 13.9 Å². The number of nitrogens with two attached hydrogens (primary N) is 1. The molecule has 1 aromatic carbocycles. The number of nitrogens with zero attached hydrogens (tertiary/aromatic N) is 3. The van der Waals surface area contributed by atoms with Crippen molar-refractivity contribution in [3.63, 3.8) is 0 Å². The van der Waals surface area contributed by atoms with Gasteiger partial charge in [0.15, 0.2) is 17.3 Å². The van der Waals surface area contributed by atoms with Crippen LogP contribution in [0.25, 0.3) is 5.52 Å². The first-order valence-corrected chi connectivity index (χ1v) is 9.00. The van der Waals surface area contributed by atoms with E-state index < -0.39 is 5.82 Å². The number of carbonyl (C=O) groups excluding carboxylic acids is 1. The van der Waals surface area contributed by atoms with Crippen molar-refractivity contribution in [3.05, 3.63) is 48.5 Å². The van der Waals surface area contributed by atoms with Crippen molar-refractivity contribution in [1.82, 2.24) is 19.8 Å². The molecule has 1 unspecified atom stereocenters. The Hall–Kier alpha value is -3.33. The van der Waals surface area contributed by atoms with Crippen LogP contribution in [0.5, 0.6) is 11.5 Å². The molecule has 9 heteroatoms. The van der Waals surface area contributed by atoms with Gasteiger partial charge in [-0.3, -0.25) is 0 Å². The molecule has 4 N–H and O–H groups in total. The molecule has 0 radical (unpaired) electrons. The van der Waals surface area contributed by atoms with E-state index in [1.165, 1.54) is 12.1 Å². The first kappa shape index (κ1) is 18.1. The molecule has 1 fully saturated rings. The summed E-state index contributed by atoms with van der Waals surface area (Å²) >= 11 is 0. The predicted molar refractivity (Wildman–Crippen MR) is 104 cm³/mol. The maximum Gasteiger partial charge on any atom is 0.322 e. The fourth-order valence-corrected chi connectivity index (χ4v) is 3.20. The standard InChI is InChI=1S/C19H21FN6O2/c1-12-10-22-6-7-25(12)19(27)24-14-9-18(16-4-5-23-26(16)11-14)28-17-3-2-13(21)8-15(17)20/h2-5,8-9,11-12,22H,6-7,10,21H2,1H3,(H,24,27). The van der Waals surface area contributed by atoms with Gasteiger partial charge in [-0.15, -0.1) is 0 Å². The first-order valence-electron chi connectivity index (χ1n) is 9.00. The summed E-state index contributed by atoms with van der Waals surface area (Å²) in [6.07, 6.45) is 3.29. The molecule has 1 aliphatic rings. The zero-order chi connectivity index (χ0) is 19.7. The van der Waals surface area contributed by atoms with Gasteiger partial charge < -0.3 is 26.0 Å². The lowest BCUT2D eigenvalue weighted by Gasteiger charge is -2.33. The minimum atomic E-state index is -0.568. The molecule has 1 aliphatic heterocycles. The largest absolute Gasteiger partial charge is 0.452 e. The van der Waals surface area contributed by atoms with Crippen molar-refractivity contribution >= 4 is 22.9 Å². The van der Waals surface area contributed by atoms with E-state index in [-0.39, 0.29) is 17.8 Å². The Balaban J connectivity index is 1.62. The minimum absolute atomic E-state index is 0.0384. The van der Waals surface area contributed by atoms with Gasteiger partial charge in [0.1, 0.15) is 5.52 Å². The summed E-state index contributed by atoms with van der Waals surface area (Å²) in [7, 11) is 0. The van der Waals surface area contributed by atoms with Crippen LogP contribution in [-0.2, 0) is 0 Å². The molecule has 2 amide bonds. The van der Waals surface area contributed by atoms with Gasteiger partial charge in [-0.1, -0.05) is 0 Å². The highest BCUT2D eigenvalue weighted by Crippen LogP contribution is 2.31. The monoisotopic (exact) mass is 384 g/mol. The lowest BCUT2D eigenvalue weighted by atomic mass is 10.2. The molecular weight excluding hydrogens is 363 g/mol. The fourth-order valence-electron chi connectivity index (χ4n) is 3.20. The Morgan fingerprint density at radius 2 is 2.21 bits per heavy atom. The summed E-state index contributed by atoms with van der Waals surface area (Å²) < 4.78 is 21.5. The lowest BCUT2D eigenvalue weighted by Crippen LogP contribution is -2.53. The summed E-state index contributed by atoms with van der Waals surface area (Å²) in [5, 5.41) is 10.3. The van der Waals surface area contributed by atoms with Gasteiger partial charge in [0.25, 0.3) is 0 Å². The Labute approximate surface area is 161 Å². The maximum absolute atomic E-state index is 14.1. The van der Waals surface area contributed by atoms with Crippen LogP contribution < -0.4 is 21.1 Å². The third kappa shape index (κ3) is 3.56. The molecule has 3 heterocycles. The highest BCUT2D eigenvalue weighted by Gasteiger charge is 2.23. The van der Waals surface area contributed by atoms with Crippen LogP contribution in [0.4, 0.5) is 20.6 Å². The Kier molecular flexibility index (Phi) is 4.74. The molecule has 0 bridgehead atoms. The summed E-state index contributed by atoms with van der Waals surface area (Å²) in [4.78, 5) is 14.4. The van der Waals surface area contributed by atoms with E-state index in [4.69, 9.17) is 10.5 Å². The third-order valence-electron chi connectivity index (χ3n) is 4.66. The van der Waals surface area contributed by atoms with Crippen molar-refractivity contribution in [1.29, 1.82) is 0 Å². The van der Waals surface area contributed by atoms with Crippen molar-refractivity contribution in [2.75, 3.05) is 30.7 Å². The molecule has 1 atom stereocenters. The summed E-state index contributed by atoms with van der Waals surface area (Å²) in [6.45, 7) is 4.11. The van der Waals surface area contributed by atoms with Crippen LogP contribution in [0.1, 0.15) is 6.92 Å².